The van der Waals surface area contributed by atoms with E-state index in [0.29, 0.717) is 16.8 Å². The molecule has 194 valence electrons. The van der Waals surface area contributed by atoms with E-state index in [-0.39, 0.29) is 26.4 Å². The van der Waals surface area contributed by atoms with Gasteiger partial charge < -0.3 is 21.7 Å². The SMILES string of the molecule is C.NC[C@H](NC(=O)c1ccc(C#CC#Cc2ccc(NC(=O)CNc3cccnc3)cc2)cc1)C(=O)NO. The molecule has 7 N–H and O–H groups in total. The van der Waals surface area contributed by atoms with E-state index in [2.05, 4.69) is 44.6 Å². The zero-order valence-corrected chi connectivity index (χ0v) is 19.6. The van der Waals surface area contributed by atoms with E-state index in [1.165, 1.54) is 5.48 Å². The lowest BCUT2D eigenvalue weighted by Crippen LogP contribution is -2.50. The minimum absolute atomic E-state index is 0. The molecule has 0 saturated carbocycles. The van der Waals surface area contributed by atoms with Crippen molar-refractivity contribution >= 4 is 29.1 Å². The number of carbonyl (C=O) groups is 3. The summed E-state index contributed by atoms with van der Waals surface area (Å²) in [6.45, 7) is -0.0500. The zero-order chi connectivity index (χ0) is 26.5. The van der Waals surface area contributed by atoms with Gasteiger partial charge in [-0.1, -0.05) is 19.3 Å². The van der Waals surface area contributed by atoms with Gasteiger partial charge in [0.25, 0.3) is 11.8 Å². The Kier molecular flexibility index (Phi) is 11.5. The van der Waals surface area contributed by atoms with Crippen molar-refractivity contribution < 1.29 is 19.6 Å². The predicted molar refractivity (Wildman–Crippen MR) is 145 cm³/mol. The monoisotopic (exact) mass is 512 g/mol. The fraction of sp³-hybridized carbons (Fsp3) is 0.143. The molecule has 38 heavy (non-hydrogen) atoms. The highest BCUT2D eigenvalue weighted by Crippen LogP contribution is 2.09. The summed E-state index contributed by atoms with van der Waals surface area (Å²) in [7, 11) is 0. The van der Waals surface area contributed by atoms with E-state index in [1.54, 1.807) is 67.0 Å². The van der Waals surface area contributed by atoms with Crippen LogP contribution in [0.2, 0.25) is 0 Å². The van der Waals surface area contributed by atoms with E-state index < -0.39 is 17.9 Å². The number of hydrogen-bond donors (Lipinski definition) is 6. The number of carbonyl (C=O) groups excluding carboxylic acids is 3. The maximum atomic E-state index is 12.2. The van der Waals surface area contributed by atoms with Crippen LogP contribution in [0.1, 0.15) is 28.9 Å². The third-order valence-electron chi connectivity index (χ3n) is 4.87. The highest BCUT2D eigenvalue weighted by atomic mass is 16.5. The molecule has 0 unspecified atom stereocenters. The number of amides is 3. The van der Waals surface area contributed by atoms with Gasteiger partial charge in [-0.3, -0.25) is 24.6 Å². The van der Waals surface area contributed by atoms with Crippen LogP contribution in [0.3, 0.4) is 0 Å². The molecule has 1 atom stereocenters. The van der Waals surface area contributed by atoms with Gasteiger partial charge in [0.05, 0.1) is 12.2 Å². The molecule has 0 aliphatic heterocycles. The normalized spacial score (nSPS) is 10.2. The first-order chi connectivity index (χ1) is 18.0. The zero-order valence-electron chi connectivity index (χ0n) is 19.6. The third-order valence-corrected chi connectivity index (χ3v) is 4.87. The van der Waals surface area contributed by atoms with Crippen LogP contribution < -0.4 is 27.2 Å². The first-order valence-electron chi connectivity index (χ1n) is 11.1. The number of anilines is 2. The number of nitrogens with one attached hydrogen (secondary N) is 4. The van der Waals surface area contributed by atoms with Crippen molar-refractivity contribution in [2.75, 3.05) is 23.7 Å². The summed E-state index contributed by atoms with van der Waals surface area (Å²) in [5.74, 6) is 9.82. The number of hydrogen-bond acceptors (Lipinski definition) is 7. The van der Waals surface area contributed by atoms with Gasteiger partial charge in [0.15, 0.2) is 0 Å². The Balaban J connectivity index is 0.00000507. The lowest BCUT2D eigenvalue weighted by Gasteiger charge is -2.14. The van der Waals surface area contributed by atoms with Gasteiger partial charge in [0, 0.05) is 41.3 Å². The molecule has 3 aromatic rings. The minimum atomic E-state index is -1.05. The Labute approximate surface area is 221 Å². The Morgan fingerprint density at radius 2 is 1.55 bits per heavy atom. The van der Waals surface area contributed by atoms with Crippen molar-refractivity contribution in [1.29, 1.82) is 0 Å². The molecule has 0 bridgehead atoms. The molecule has 0 aliphatic carbocycles. The van der Waals surface area contributed by atoms with Crippen LogP contribution in [0.25, 0.3) is 0 Å². The molecule has 2 aromatic carbocycles. The van der Waals surface area contributed by atoms with Gasteiger partial charge in [0.1, 0.15) is 6.04 Å². The summed E-state index contributed by atoms with van der Waals surface area (Å²) >= 11 is 0. The predicted octanol–water partition coefficient (Wildman–Crippen LogP) is 1.73. The summed E-state index contributed by atoms with van der Waals surface area (Å²) < 4.78 is 0. The summed E-state index contributed by atoms with van der Waals surface area (Å²) in [6, 6.07) is 16.0. The summed E-state index contributed by atoms with van der Waals surface area (Å²) in [4.78, 5) is 39.7. The van der Waals surface area contributed by atoms with Crippen LogP contribution >= 0.6 is 0 Å². The average Bonchev–Trinajstić information content (AvgIpc) is 2.94. The second kappa shape index (κ2) is 15.1. The number of rotatable bonds is 8. The molecule has 3 rings (SSSR count). The average molecular weight is 513 g/mol. The molecular weight excluding hydrogens is 484 g/mol. The first kappa shape index (κ1) is 29.1. The topological polar surface area (TPSA) is 158 Å². The highest BCUT2D eigenvalue weighted by Gasteiger charge is 2.19. The van der Waals surface area contributed by atoms with Crippen molar-refractivity contribution in [3.8, 4) is 23.7 Å². The number of benzene rings is 2. The highest BCUT2D eigenvalue weighted by molar-refractivity contribution is 5.97. The number of hydroxylamine groups is 1. The standard InChI is InChI=1S/C27H24N6O4.CH4/c28-16-24(27(36)33-37)32-26(35)21-11-7-19(8-12-21)4-1-2-5-20-9-13-22(14-10-20)31-25(34)18-30-23-6-3-15-29-17-23;/h3,6-15,17,24,30,37H,16,18,28H2,(H,31,34)(H,32,35)(H,33,36);1H4/t24-;/m0./s1. The second-order valence-electron chi connectivity index (χ2n) is 7.54. The largest absolute Gasteiger partial charge is 0.375 e. The molecule has 10 nitrogen and oxygen atoms in total. The fourth-order valence-corrected chi connectivity index (χ4v) is 2.95. The molecule has 0 aliphatic rings. The van der Waals surface area contributed by atoms with Crippen molar-refractivity contribution in [3.05, 3.63) is 89.7 Å². The van der Waals surface area contributed by atoms with Crippen molar-refractivity contribution in [1.82, 2.24) is 15.8 Å². The minimum Gasteiger partial charge on any atom is -0.375 e. The lowest BCUT2D eigenvalue weighted by atomic mass is 10.1. The van der Waals surface area contributed by atoms with Gasteiger partial charge in [0.2, 0.25) is 5.91 Å². The quantitative estimate of drug-likeness (QED) is 0.152. The fourth-order valence-electron chi connectivity index (χ4n) is 2.95. The Bertz CT molecular complexity index is 1350. The third kappa shape index (κ3) is 9.13. The Morgan fingerprint density at radius 3 is 2.11 bits per heavy atom. The molecule has 0 saturated heterocycles. The molecule has 1 aromatic heterocycles. The molecule has 1 heterocycles. The van der Waals surface area contributed by atoms with Crippen LogP contribution in [0.15, 0.2) is 73.1 Å². The van der Waals surface area contributed by atoms with Crippen LogP contribution in [-0.4, -0.2) is 47.0 Å². The van der Waals surface area contributed by atoms with Crippen LogP contribution in [0.4, 0.5) is 11.4 Å². The van der Waals surface area contributed by atoms with Crippen molar-refractivity contribution in [3.63, 3.8) is 0 Å². The lowest BCUT2D eigenvalue weighted by molar-refractivity contribution is -0.130. The maximum Gasteiger partial charge on any atom is 0.267 e. The van der Waals surface area contributed by atoms with E-state index >= 15 is 0 Å². The Hall–Kier alpha value is -5.16. The summed E-state index contributed by atoms with van der Waals surface area (Å²) in [5.41, 5.74) is 9.97. The number of nitrogens with two attached hydrogens (primary N) is 1. The van der Waals surface area contributed by atoms with Gasteiger partial charge in [-0.2, -0.15) is 0 Å². The van der Waals surface area contributed by atoms with E-state index in [0.717, 1.165) is 11.3 Å². The maximum absolute atomic E-state index is 12.2. The van der Waals surface area contributed by atoms with Crippen LogP contribution in [0, 0.1) is 23.7 Å². The van der Waals surface area contributed by atoms with Gasteiger partial charge >= 0.3 is 0 Å². The summed E-state index contributed by atoms with van der Waals surface area (Å²) in [5, 5.41) is 16.9. The van der Waals surface area contributed by atoms with Gasteiger partial charge in [-0.25, -0.2) is 5.48 Å². The number of nitrogens with zero attached hydrogens (tertiary/aromatic N) is 1. The molecule has 10 heteroatoms. The smallest absolute Gasteiger partial charge is 0.267 e. The van der Waals surface area contributed by atoms with Crippen molar-refractivity contribution in [2.45, 2.75) is 13.5 Å². The molecule has 3 amide bonds. The number of aromatic nitrogens is 1. The van der Waals surface area contributed by atoms with E-state index in [1.807, 2.05) is 6.07 Å². The van der Waals surface area contributed by atoms with E-state index in [9.17, 15) is 14.4 Å². The van der Waals surface area contributed by atoms with Crippen LogP contribution in [0.5, 0.6) is 0 Å². The molecule has 0 radical (unpaired) electrons. The summed E-state index contributed by atoms with van der Waals surface area (Å²) in [6.07, 6.45) is 3.30. The Morgan fingerprint density at radius 1 is 0.921 bits per heavy atom. The van der Waals surface area contributed by atoms with Crippen molar-refractivity contribution in [2.24, 2.45) is 5.73 Å². The number of pyridine rings is 1. The second-order valence-corrected chi connectivity index (χ2v) is 7.54. The molecule has 0 spiro atoms. The first-order valence-corrected chi connectivity index (χ1v) is 11.1. The molecule has 0 fully saturated rings. The van der Waals surface area contributed by atoms with Crippen LogP contribution in [-0.2, 0) is 9.59 Å². The van der Waals surface area contributed by atoms with E-state index in [4.69, 9.17) is 10.9 Å². The van der Waals surface area contributed by atoms with Gasteiger partial charge in [-0.15, -0.1) is 0 Å². The van der Waals surface area contributed by atoms with Gasteiger partial charge in [-0.05, 0) is 72.5 Å². The molecular formula is C28H28N6O4.